The van der Waals surface area contributed by atoms with Gasteiger partial charge in [0.2, 0.25) is 0 Å². The molecule has 2 bridgehead atoms. The first-order valence-electron chi connectivity index (χ1n) is 8.98. The lowest BCUT2D eigenvalue weighted by Gasteiger charge is -2.39. The summed E-state index contributed by atoms with van der Waals surface area (Å²) >= 11 is 0. The van der Waals surface area contributed by atoms with Crippen molar-refractivity contribution in [3.63, 3.8) is 0 Å². The Morgan fingerprint density at radius 3 is 2.31 bits per heavy atom. The van der Waals surface area contributed by atoms with E-state index in [9.17, 15) is 13.2 Å². The topological polar surface area (TPSA) is 75.7 Å². The second-order valence-corrected chi connectivity index (χ2v) is 10.2. The van der Waals surface area contributed by atoms with E-state index in [2.05, 4.69) is 26.1 Å². The second-order valence-electron chi connectivity index (χ2n) is 8.26. The zero-order chi connectivity index (χ0) is 19.3. The Bertz CT molecular complexity index is 803. The lowest BCUT2D eigenvalue weighted by molar-refractivity contribution is -0.0258. The van der Waals surface area contributed by atoms with E-state index in [-0.39, 0.29) is 27.7 Å². The summed E-state index contributed by atoms with van der Waals surface area (Å²) in [7, 11) is -1.09. The molecule has 26 heavy (non-hydrogen) atoms. The van der Waals surface area contributed by atoms with Crippen molar-refractivity contribution >= 4 is 15.9 Å². The summed E-state index contributed by atoms with van der Waals surface area (Å²) in [5, 5.41) is 3.19. The average Bonchev–Trinajstić information content (AvgIpc) is 2.94. The Kier molecular flexibility index (Phi) is 4.70. The number of rotatable bonds is 5. The molecule has 1 N–H and O–H groups in total. The van der Waals surface area contributed by atoms with Gasteiger partial charge in [-0.05, 0) is 60.3 Å². The molecule has 2 saturated carbocycles. The number of hydrogen-bond donors (Lipinski definition) is 1. The first-order chi connectivity index (χ1) is 12.0. The molecular weight excluding hydrogens is 352 g/mol. The Hall–Kier alpha value is -1.44. The van der Waals surface area contributed by atoms with E-state index >= 15 is 0 Å². The maximum absolute atomic E-state index is 12.7. The molecule has 0 saturated heterocycles. The monoisotopic (exact) mass is 380 g/mol. The second kappa shape index (κ2) is 6.32. The number of benzene rings is 1. The lowest BCUT2D eigenvalue weighted by Crippen LogP contribution is -2.46. The number of nitrogens with zero attached hydrogens (tertiary/aromatic N) is 1. The molecule has 2 aliphatic rings. The van der Waals surface area contributed by atoms with Crippen LogP contribution in [0.5, 0.6) is 0 Å². The number of carbonyl (C=O) groups excluding carboxylic acids is 1. The van der Waals surface area contributed by atoms with E-state index in [1.54, 1.807) is 12.1 Å². The van der Waals surface area contributed by atoms with Crippen LogP contribution in [0.2, 0.25) is 0 Å². The summed E-state index contributed by atoms with van der Waals surface area (Å²) in [6.07, 6.45) is 3.38. The molecule has 3 unspecified atom stereocenters. The van der Waals surface area contributed by atoms with E-state index in [4.69, 9.17) is 4.84 Å². The summed E-state index contributed by atoms with van der Waals surface area (Å²) in [6, 6.07) is 6.13. The number of hydroxylamine groups is 1. The van der Waals surface area contributed by atoms with E-state index in [1.807, 2.05) is 0 Å². The first kappa shape index (κ1) is 19.3. The van der Waals surface area contributed by atoms with E-state index in [1.165, 1.54) is 32.7 Å². The average molecular weight is 381 g/mol. The van der Waals surface area contributed by atoms with Gasteiger partial charge in [0, 0.05) is 18.7 Å². The van der Waals surface area contributed by atoms with Gasteiger partial charge < -0.3 is 5.32 Å². The molecule has 0 heterocycles. The van der Waals surface area contributed by atoms with E-state index in [0.29, 0.717) is 11.5 Å². The van der Waals surface area contributed by atoms with Gasteiger partial charge >= 0.3 is 0 Å². The molecule has 1 aromatic rings. The molecule has 0 radical (unpaired) electrons. The molecule has 3 atom stereocenters. The van der Waals surface area contributed by atoms with Crippen molar-refractivity contribution in [2.45, 2.75) is 51.0 Å². The fourth-order valence-electron chi connectivity index (χ4n) is 4.69. The van der Waals surface area contributed by atoms with Gasteiger partial charge in [0.25, 0.3) is 15.9 Å². The molecule has 0 spiro atoms. The van der Waals surface area contributed by atoms with Gasteiger partial charge in [-0.15, -0.1) is 0 Å². The van der Waals surface area contributed by atoms with Gasteiger partial charge in [-0.25, -0.2) is 8.42 Å². The highest BCUT2D eigenvalue weighted by Gasteiger charge is 2.61. The van der Waals surface area contributed by atoms with E-state index in [0.717, 1.165) is 17.3 Å². The number of amides is 1. The van der Waals surface area contributed by atoms with Crippen molar-refractivity contribution < 1.29 is 18.0 Å². The molecule has 1 aromatic carbocycles. The molecule has 2 aliphatic carbocycles. The molecule has 7 heteroatoms. The highest BCUT2D eigenvalue weighted by Crippen LogP contribution is 2.65. The summed E-state index contributed by atoms with van der Waals surface area (Å²) in [6.45, 7) is 6.90. The third kappa shape index (κ3) is 2.77. The van der Waals surface area contributed by atoms with Gasteiger partial charge in [-0.3, -0.25) is 9.63 Å². The first-order valence-corrected chi connectivity index (χ1v) is 10.4. The minimum absolute atomic E-state index is 0.0893. The third-order valence-electron chi connectivity index (χ3n) is 7.11. The summed E-state index contributed by atoms with van der Waals surface area (Å²) in [5.41, 5.74) is 0.805. The van der Waals surface area contributed by atoms with Crippen molar-refractivity contribution in [3.05, 3.63) is 29.8 Å². The van der Waals surface area contributed by atoms with Gasteiger partial charge in [-0.1, -0.05) is 25.2 Å². The van der Waals surface area contributed by atoms with Crippen molar-refractivity contribution in [2.24, 2.45) is 16.7 Å². The predicted octanol–water partition coefficient (Wildman–Crippen LogP) is 2.81. The number of sulfonamides is 1. The zero-order valence-electron chi connectivity index (χ0n) is 16.1. The summed E-state index contributed by atoms with van der Waals surface area (Å²) < 4.78 is 25.2. The van der Waals surface area contributed by atoms with Crippen molar-refractivity contribution in [1.29, 1.82) is 0 Å². The smallest absolute Gasteiger partial charge is 0.264 e. The maximum atomic E-state index is 12.7. The Morgan fingerprint density at radius 2 is 1.85 bits per heavy atom. The molecular formula is C19H28N2O4S. The predicted molar refractivity (Wildman–Crippen MR) is 98.9 cm³/mol. The van der Waals surface area contributed by atoms with Crippen LogP contribution in [0.3, 0.4) is 0 Å². The van der Waals surface area contributed by atoms with Crippen LogP contribution >= 0.6 is 0 Å². The summed E-state index contributed by atoms with van der Waals surface area (Å²) in [4.78, 5) is 17.5. The quantitative estimate of drug-likeness (QED) is 0.797. The normalized spacial score (nSPS) is 29.9. The molecule has 2 fully saturated rings. The van der Waals surface area contributed by atoms with Crippen molar-refractivity contribution in [2.75, 3.05) is 14.2 Å². The number of hydrogen-bond acceptors (Lipinski definition) is 4. The van der Waals surface area contributed by atoms with Crippen molar-refractivity contribution in [1.82, 2.24) is 9.79 Å². The highest BCUT2D eigenvalue weighted by molar-refractivity contribution is 7.89. The van der Waals surface area contributed by atoms with Gasteiger partial charge in [-0.2, -0.15) is 0 Å². The number of carbonyl (C=O) groups is 1. The van der Waals surface area contributed by atoms with Crippen LogP contribution in [-0.4, -0.2) is 39.0 Å². The molecule has 0 aromatic heterocycles. The van der Waals surface area contributed by atoms with Crippen LogP contribution in [-0.2, 0) is 14.9 Å². The number of nitrogens with one attached hydrogen (secondary N) is 1. The van der Waals surface area contributed by atoms with Gasteiger partial charge in [0.15, 0.2) is 0 Å². The van der Waals surface area contributed by atoms with Gasteiger partial charge in [0.1, 0.15) is 0 Å². The van der Waals surface area contributed by atoms with Crippen molar-refractivity contribution in [3.8, 4) is 0 Å². The van der Waals surface area contributed by atoms with Gasteiger partial charge in [0.05, 0.1) is 12.0 Å². The fraction of sp³-hybridized carbons (Fsp3) is 0.632. The zero-order valence-corrected chi connectivity index (χ0v) is 16.9. The lowest BCUT2D eigenvalue weighted by atomic mass is 9.69. The molecule has 1 amide bonds. The SMILES string of the molecule is CON(C)S(=O)(=O)c1ccc(C(=O)NC2CC3CCC2(C)C3(C)C)cc1. The Labute approximate surface area is 155 Å². The molecule has 144 valence electrons. The van der Waals surface area contributed by atoms with E-state index < -0.39 is 10.0 Å². The maximum Gasteiger partial charge on any atom is 0.264 e. The Morgan fingerprint density at radius 1 is 1.23 bits per heavy atom. The largest absolute Gasteiger partial charge is 0.349 e. The minimum Gasteiger partial charge on any atom is -0.349 e. The number of fused-ring (bicyclic) bond motifs is 2. The van der Waals surface area contributed by atoms with Crippen LogP contribution in [0.25, 0.3) is 0 Å². The van der Waals surface area contributed by atoms with Crippen LogP contribution in [0.4, 0.5) is 0 Å². The minimum atomic E-state index is -3.71. The molecule has 0 aliphatic heterocycles. The third-order valence-corrected chi connectivity index (χ3v) is 8.80. The summed E-state index contributed by atoms with van der Waals surface area (Å²) in [5.74, 6) is 0.499. The molecule has 3 rings (SSSR count). The Balaban J connectivity index is 1.74. The van der Waals surface area contributed by atoms with Crippen LogP contribution < -0.4 is 5.32 Å². The van der Waals surface area contributed by atoms with Crippen LogP contribution in [0, 0.1) is 16.7 Å². The van der Waals surface area contributed by atoms with Crippen LogP contribution in [0.15, 0.2) is 29.2 Å². The fourth-order valence-corrected chi connectivity index (χ4v) is 5.66. The standard InChI is InChI=1S/C19H28N2O4S/c1-18(2)14-10-11-19(18,3)16(12-14)20-17(22)13-6-8-15(9-7-13)26(23,24)21(4)25-5/h6-9,14,16H,10-12H2,1-5H3,(H,20,22). The van der Waals surface area contributed by atoms with Crippen LogP contribution in [0.1, 0.15) is 50.4 Å². The molecule has 6 nitrogen and oxygen atoms in total. The highest BCUT2D eigenvalue weighted by atomic mass is 32.2.